The number of aryl methyl sites for hydroxylation is 1. The molecule has 5 nitrogen and oxygen atoms in total. The summed E-state index contributed by atoms with van der Waals surface area (Å²) in [6.07, 6.45) is 1.10. The van der Waals surface area contributed by atoms with Crippen molar-refractivity contribution >= 4 is 29.7 Å². The lowest BCUT2D eigenvalue weighted by molar-refractivity contribution is -0.121. The zero-order valence-electron chi connectivity index (χ0n) is 10.6. The third kappa shape index (κ3) is 5.66. The van der Waals surface area contributed by atoms with Crippen molar-refractivity contribution in [2.75, 3.05) is 6.54 Å². The molecular formula is C11H20ClN3O2S. The normalized spacial score (nSPS) is 11.7. The Labute approximate surface area is 117 Å². The summed E-state index contributed by atoms with van der Waals surface area (Å²) >= 11 is 1.16. The Hall–Kier alpha value is -0.850. The second-order valence-corrected chi connectivity index (χ2v) is 4.98. The quantitative estimate of drug-likeness (QED) is 0.817. The van der Waals surface area contributed by atoms with E-state index in [1.165, 1.54) is 0 Å². The fraction of sp³-hybridized carbons (Fsp3) is 0.636. The van der Waals surface area contributed by atoms with Crippen LogP contribution >= 0.6 is 23.7 Å². The summed E-state index contributed by atoms with van der Waals surface area (Å²) in [5.74, 6) is -0.0387. The number of hydrogen-bond acceptors (Lipinski definition) is 4. The first-order valence-electron chi connectivity index (χ1n) is 5.68. The first-order valence-corrected chi connectivity index (χ1v) is 6.56. The van der Waals surface area contributed by atoms with Crippen molar-refractivity contribution in [3.63, 3.8) is 0 Å². The third-order valence-electron chi connectivity index (χ3n) is 2.46. The maximum absolute atomic E-state index is 11.5. The van der Waals surface area contributed by atoms with Gasteiger partial charge in [0.15, 0.2) is 0 Å². The van der Waals surface area contributed by atoms with E-state index in [4.69, 9.17) is 5.73 Å². The number of hydrogen-bond donors (Lipinski definition) is 2. The van der Waals surface area contributed by atoms with Crippen molar-refractivity contribution in [1.82, 2.24) is 9.88 Å². The molecule has 0 saturated heterocycles. The molecule has 7 heteroatoms. The molecule has 1 amide bonds. The summed E-state index contributed by atoms with van der Waals surface area (Å²) in [6.45, 7) is 4.80. The van der Waals surface area contributed by atoms with Gasteiger partial charge >= 0.3 is 4.87 Å². The predicted molar refractivity (Wildman–Crippen MR) is 76.5 cm³/mol. The van der Waals surface area contributed by atoms with E-state index < -0.39 is 0 Å². The number of carbonyl (C=O) groups excluding carboxylic acids is 1. The summed E-state index contributed by atoms with van der Waals surface area (Å²) in [5.41, 5.74) is 6.48. The number of halogens is 1. The number of aromatic nitrogens is 1. The van der Waals surface area contributed by atoms with E-state index in [0.717, 1.165) is 23.5 Å². The van der Waals surface area contributed by atoms with Crippen LogP contribution in [0.15, 0.2) is 10.2 Å². The van der Waals surface area contributed by atoms with Gasteiger partial charge in [0.2, 0.25) is 5.91 Å². The van der Waals surface area contributed by atoms with Crippen LogP contribution in [0.1, 0.15) is 25.5 Å². The van der Waals surface area contributed by atoms with Gasteiger partial charge in [-0.25, -0.2) is 0 Å². The molecule has 1 aromatic rings. The SMILES string of the molecule is Cc1csc(=O)n1CCC(=O)NCCC(C)N.Cl. The summed E-state index contributed by atoms with van der Waals surface area (Å²) in [6, 6.07) is 0.0945. The number of amides is 1. The molecule has 0 aliphatic heterocycles. The van der Waals surface area contributed by atoms with Crippen LogP contribution in [0, 0.1) is 6.92 Å². The van der Waals surface area contributed by atoms with Gasteiger partial charge in [0, 0.05) is 36.6 Å². The van der Waals surface area contributed by atoms with Crippen LogP contribution in [0.5, 0.6) is 0 Å². The van der Waals surface area contributed by atoms with Gasteiger partial charge in [0.25, 0.3) is 0 Å². The standard InChI is InChI=1S/C11H19N3O2S.ClH/c1-8(12)3-5-13-10(15)4-6-14-9(2)7-17-11(14)16;/h7-8H,3-6,12H2,1-2H3,(H,13,15);1H. The van der Waals surface area contributed by atoms with Crippen LogP contribution in [0.4, 0.5) is 0 Å². The van der Waals surface area contributed by atoms with Gasteiger partial charge in [0.1, 0.15) is 0 Å². The molecule has 0 aliphatic rings. The third-order valence-corrected chi connectivity index (χ3v) is 3.34. The highest BCUT2D eigenvalue weighted by atomic mass is 35.5. The molecule has 0 aromatic carbocycles. The van der Waals surface area contributed by atoms with Crippen LogP contribution in [0.2, 0.25) is 0 Å². The Morgan fingerprint density at radius 2 is 2.28 bits per heavy atom. The molecule has 1 aromatic heterocycles. The van der Waals surface area contributed by atoms with E-state index in [1.807, 2.05) is 13.8 Å². The van der Waals surface area contributed by atoms with Crippen molar-refractivity contribution in [3.8, 4) is 0 Å². The van der Waals surface area contributed by atoms with E-state index in [2.05, 4.69) is 5.32 Å². The van der Waals surface area contributed by atoms with Gasteiger partial charge in [-0.15, -0.1) is 12.4 Å². The van der Waals surface area contributed by atoms with Gasteiger partial charge in [-0.2, -0.15) is 0 Å². The van der Waals surface area contributed by atoms with Crippen molar-refractivity contribution in [2.45, 2.75) is 39.3 Å². The van der Waals surface area contributed by atoms with Crippen molar-refractivity contribution in [2.24, 2.45) is 5.73 Å². The molecule has 0 spiro atoms. The maximum Gasteiger partial charge on any atom is 0.307 e. The summed E-state index contributed by atoms with van der Waals surface area (Å²) in [4.78, 5) is 22.9. The first-order chi connectivity index (χ1) is 8.00. The first kappa shape index (κ1) is 17.2. The van der Waals surface area contributed by atoms with Crippen molar-refractivity contribution < 1.29 is 4.79 Å². The van der Waals surface area contributed by atoms with Crippen LogP contribution < -0.4 is 15.9 Å². The average Bonchev–Trinajstić information content (AvgIpc) is 2.55. The Balaban J connectivity index is 0.00000289. The molecule has 0 aliphatic carbocycles. The topological polar surface area (TPSA) is 77.1 Å². The maximum atomic E-state index is 11.5. The molecule has 0 bridgehead atoms. The summed E-state index contributed by atoms with van der Waals surface area (Å²) in [5, 5.41) is 4.59. The fourth-order valence-corrected chi connectivity index (χ4v) is 2.18. The number of nitrogens with zero attached hydrogens (tertiary/aromatic N) is 1. The van der Waals surface area contributed by atoms with E-state index >= 15 is 0 Å². The number of nitrogens with two attached hydrogens (primary N) is 1. The van der Waals surface area contributed by atoms with Crippen LogP contribution in [0.25, 0.3) is 0 Å². The van der Waals surface area contributed by atoms with Crippen LogP contribution in [-0.2, 0) is 11.3 Å². The Morgan fingerprint density at radius 3 is 2.78 bits per heavy atom. The number of nitrogens with one attached hydrogen (secondary N) is 1. The predicted octanol–water partition coefficient (Wildman–Crippen LogP) is 0.884. The lowest BCUT2D eigenvalue weighted by Gasteiger charge is -2.08. The molecule has 0 fully saturated rings. The van der Waals surface area contributed by atoms with Crippen LogP contribution in [-0.4, -0.2) is 23.1 Å². The van der Waals surface area contributed by atoms with E-state index in [9.17, 15) is 9.59 Å². The van der Waals surface area contributed by atoms with E-state index in [1.54, 1.807) is 9.95 Å². The molecule has 0 radical (unpaired) electrons. The summed E-state index contributed by atoms with van der Waals surface area (Å²) in [7, 11) is 0. The Bertz CT molecular complexity index is 428. The number of rotatable bonds is 6. The molecule has 1 unspecified atom stereocenters. The van der Waals surface area contributed by atoms with Gasteiger partial charge in [-0.1, -0.05) is 11.3 Å². The molecule has 18 heavy (non-hydrogen) atoms. The van der Waals surface area contributed by atoms with Crippen LogP contribution in [0.3, 0.4) is 0 Å². The minimum Gasteiger partial charge on any atom is -0.356 e. The number of carbonyl (C=O) groups is 1. The highest BCUT2D eigenvalue weighted by Gasteiger charge is 2.06. The second-order valence-electron chi connectivity index (χ2n) is 4.16. The Kier molecular flexibility index (Phi) is 7.90. The monoisotopic (exact) mass is 293 g/mol. The molecule has 104 valence electrons. The largest absolute Gasteiger partial charge is 0.356 e. The Morgan fingerprint density at radius 1 is 1.61 bits per heavy atom. The fourth-order valence-electron chi connectivity index (χ4n) is 1.42. The molecular weight excluding hydrogens is 274 g/mol. The molecule has 1 heterocycles. The number of thiazole rings is 1. The average molecular weight is 294 g/mol. The lowest BCUT2D eigenvalue weighted by atomic mass is 10.2. The zero-order chi connectivity index (χ0) is 12.8. The zero-order valence-corrected chi connectivity index (χ0v) is 12.3. The van der Waals surface area contributed by atoms with E-state index in [-0.39, 0.29) is 29.2 Å². The van der Waals surface area contributed by atoms with Crippen molar-refractivity contribution in [3.05, 3.63) is 20.7 Å². The van der Waals surface area contributed by atoms with Crippen molar-refractivity contribution in [1.29, 1.82) is 0 Å². The van der Waals surface area contributed by atoms with Gasteiger partial charge in [-0.05, 0) is 20.3 Å². The highest BCUT2D eigenvalue weighted by Crippen LogP contribution is 2.00. The van der Waals surface area contributed by atoms with Gasteiger partial charge in [-0.3, -0.25) is 9.59 Å². The van der Waals surface area contributed by atoms with Gasteiger partial charge < -0.3 is 15.6 Å². The van der Waals surface area contributed by atoms with E-state index in [0.29, 0.717) is 19.5 Å². The van der Waals surface area contributed by atoms with Gasteiger partial charge in [0.05, 0.1) is 0 Å². The lowest BCUT2D eigenvalue weighted by Crippen LogP contribution is -2.30. The molecule has 1 rings (SSSR count). The summed E-state index contributed by atoms with van der Waals surface area (Å²) < 4.78 is 1.62. The smallest absolute Gasteiger partial charge is 0.307 e. The minimum atomic E-state index is -0.0387. The minimum absolute atomic E-state index is 0. The molecule has 0 saturated carbocycles. The highest BCUT2D eigenvalue weighted by molar-refractivity contribution is 7.07. The molecule has 1 atom stereocenters. The molecule has 3 N–H and O–H groups in total. The second kappa shape index (κ2) is 8.29.